The van der Waals surface area contributed by atoms with Gasteiger partial charge in [0.15, 0.2) is 0 Å². The summed E-state index contributed by atoms with van der Waals surface area (Å²) in [5, 5.41) is 4.78. The zero-order valence-corrected chi connectivity index (χ0v) is 11.0. The number of rotatable bonds is 2. The van der Waals surface area contributed by atoms with Gasteiger partial charge in [-0.2, -0.15) is 4.99 Å². The number of thioether (sulfide) groups is 1. The van der Waals surface area contributed by atoms with Crippen molar-refractivity contribution in [1.82, 2.24) is 0 Å². The molecule has 2 aliphatic rings. The third kappa shape index (κ3) is 1.88. The Bertz CT molecular complexity index is 560. The van der Waals surface area contributed by atoms with Gasteiger partial charge in [0, 0.05) is 4.88 Å². The molecule has 1 aromatic rings. The number of alkyl halides is 1. The quantitative estimate of drug-likeness (QED) is 0.783. The molecule has 1 amide bonds. The molecule has 86 valence electrons. The fourth-order valence-electron chi connectivity index (χ4n) is 1.77. The highest BCUT2D eigenvalue weighted by atomic mass is 35.5. The first-order valence-corrected chi connectivity index (χ1v) is 7.25. The molecular formula is C11H7ClN2OS2. The average molecular weight is 283 g/mol. The molecule has 1 aromatic heterocycles. The van der Waals surface area contributed by atoms with E-state index in [1.54, 1.807) is 11.3 Å². The van der Waals surface area contributed by atoms with Crippen molar-refractivity contribution >= 4 is 57.1 Å². The summed E-state index contributed by atoms with van der Waals surface area (Å²) in [6.45, 7) is 0. The molecule has 0 fully saturated rings. The summed E-state index contributed by atoms with van der Waals surface area (Å²) >= 11 is 8.77. The number of carbonyl (C=O) groups is 1. The number of amides is 1. The molecule has 6 heteroatoms. The molecule has 0 saturated carbocycles. The number of carbonyl (C=O) groups excluding carboxylic acids is 1. The van der Waals surface area contributed by atoms with Crippen LogP contribution in [0.4, 0.5) is 0 Å². The van der Waals surface area contributed by atoms with Gasteiger partial charge in [-0.15, -0.1) is 22.9 Å². The Morgan fingerprint density at radius 1 is 1.41 bits per heavy atom. The molecule has 3 nitrogen and oxygen atoms in total. The molecule has 0 radical (unpaired) electrons. The molecule has 3 heterocycles. The van der Waals surface area contributed by atoms with E-state index in [1.165, 1.54) is 11.8 Å². The van der Waals surface area contributed by atoms with Crippen molar-refractivity contribution in [3.63, 3.8) is 0 Å². The SMILES string of the molecule is O=C1N=C(CCl)N=C2SC=C(c3cccs3)C12. The summed E-state index contributed by atoms with van der Waals surface area (Å²) in [5.41, 5.74) is 1.01. The Kier molecular flexibility index (Phi) is 2.90. The summed E-state index contributed by atoms with van der Waals surface area (Å²) < 4.78 is 0. The maximum Gasteiger partial charge on any atom is 0.261 e. The maximum absolute atomic E-state index is 12.0. The van der Waals surface area contributed by atoms with E-state index in [-0.39, 0.29) is 17.7 Å². The lowest BCUT2D eigenvalue weighted by Gasteiger charge is -2.15. The number of amidine groups is 1. The van der Waals surface area contributed by atoms with Crippen LogP contribution >= 0.6 is 34.7 Å². The van der Waals surface area contributed by atoms with Gasteiger partial charge in [-0.1, -0.05) is 17.8 Å². The van der Waals surface area contributed by atoms with E-state index in [2.05, 4.69) is 9.98 Å². The number of nitrogens with zero attached hydrogens (tertiary/aromatic N) is 2. The van der Waals surface area contributed by atoms with Crippen LogP contribution in [0.5, 0.6) is 0 Å². The van der Waals surface area contributed by atoms with Crippen molar-refractivity contribution in [2.75, 3.05) is 5.88 Å². The van der Waals surface area contributed by atoms with Crippen LogP contribution in [0.25, 0.3) is 5.57 Å². The number of hydrogen-bond donors (Lipinski definition) is 0. The molecule has 0 N–H and O–H groups in total. The van der Waals surface area contributed by atoms with E-state index in [1.807, 2.05) is 22.9 Å². The lowest BCUT2D eigenvalue weighted by atomic mass is 9.99. The van der Waals surface area contributed by atoms with Gasteiger partial charge in [-0.05, 0) is 22.4 Å². The Morgan fingerprint density at radius 2 is 2.29 bits per heavy atom. The van der Waals surface area contributed by atoms with Gasteiger partial charge in [0.05, 0.1) is 10.9 Å². The Morgan fingerprint density at radius 3 is 3.00 bits per heavy atom. The number of thiophene rings is 1. The van der Waals surface area contributed by atoms with Crippen molar-refractivity contribution in [1.29, 1.82) is 0 Å². The van der Waals surface area contributed by atoms with E-state index < -0.39 is 0 Å². The van der Waals surface area contributed by atoms with Gasteiger partial charge in [-0.3, -0.25) is 4.79 Å². The summed E-state index contributed by atoms with van der Waals surface area (Å²) in [6, 6.07) is 3.98. The summed E-state index contributed by atoms with van der Waals surface area (Å²) in [7, 11) is 0. The minimum absolute atomic E-state index is 0.157. The monoisotopic (exact) mass is 282 g/mol. The Hall–Kier alpha value is -0.910. The molecular weight excluding hydrogens is 276 g/mol. The summed E-state index contributed by atoms with van der Waals surface area (Å²) in [5.74, 6) is 0.119. The molecule has 17 heavy (non-hydrogen) atoms. The first kappa shape index (κ1) is 11.2. The predicted octanol–water partition coefficient (Wildman–Crippen LogP) is 3.03. The molecule has 3 rings (SSSR count). The van der Waals surface area contributed by atoms with Gasteiger partial charge in [0.2, 0.25) is 0 Å². The zero-order chi connectivity index (χ0) is 11.8. The lowest BCUT2D eigenvalue weighted by Crippen LogP contribution is -2.25. The van der Waals surface area contributed by atoms with Crippen molar-refractivity contribution in [2.24, 2.45) is 15.9 Å². The highest BCUT2D eigenvalue weighted by molar-refractivity contribution is 8.17. The molecule has 1 unspecified atom stereocenters. The average Bonchev–Trinajstić information content (AvgIpc) is 2.96. The third-order valence-electron chi connectivity index (χ3n) is 2.52. The second-order valence-corrected chi connectivity index (χ2v) is 5.66. The smallest absolute Gasteiger partial charge is 0.261 e. The highest BCUT2D eigenvalue weighted by Gasteiger charge is 2.37. The van der Waals surface area contributed by atoms with E-state index in [0.717, 1.165) is 15.5 Å². The fourth-order valence-corrected chi connectivity index (χ4v) is 3.77. The Balaban J connectivity index is 1.98. The molecule has 2 aliphatic heterocycles. The topological polar surface area (TPSA) is 41.8 Å². The van der Waals surface area contributed by atoms with Crippen LogP contribution in [0, 0.1) is 5.92 Å². The molecule has 1 atom stereocenters. The van der Waals surface area contributed by atoms with Crippen LogP contribution in [0.15, 0.2) is 32.9 Å². The minimum atomic E-state index is -0.314. The molecule has 0 saturated heterocycles. The van der Waals surface area contributed by atoms with Crippen molar-refractivity contribution < 1.29 is 4.79 Å². The van der Waals surface area contributed by atoms with Crippen molar-refractivity contribution in [3.8, 4) is 0 Å². The van der Waals surface area contributed by atoms with Crippen molar-refractivity contribution in [3.05, 3.63) is 27.8 Å². The predicted molar refractivity (Wildman–Crippen MR) is 74.0 cm³/mol. The summed E-state index contributed by atoms with van der Waals surface area (Å²) in [6.07, 6.45) is 0. The summed E-state index contributed by atoms with van der Waals surface area (Å²) in [4.78, 5) is 21.3. The van der Waals surface area contributed by atoms with E-state index in [4.69, 9.17) is 11.6 Å². The van der Waals surface area contributed by atoms with Crippen LogP contribution in [0.1, 0.15) is 4.88 Å². The van der Waals surface area contributed by atoms with E-state index >= 15 is 0 Å². The standard InChI is InChI=1S/C11H7ClN2OS2/c12-4-8-13-10(15)9-6(5-17-11(9)14-8)7-2-1-3-16-7/h1-3,5,9H,4H2. The fraction of sp³-hybridized carbons (Fsp3) is 0.182. The van der Waals surface area contributed by atoms with Crippen LogP contribution in [0.2, 0.25) is 0 Å². The first-order valence-electron chi connectivity index (χ1n) is 4.96. The van der Waals surface area contributed by atoms with Crippen LogP contribution in [-0.2, 0) is 4.79 Å². The van der Waals surface area contributed by atoms with Crippen LogP contribution in [0.3, 0.4) is 0 Å². The molecule has 0 aromatic carbocycles. The third-order valence-corrected chi connectivity index (χ3v) is 4.61. The van der Waals surface area contributed by atoms with Gasteiger partial charge in [0.25, 0.3) is 5.91 Å². The lowest BCUT2D eigenvalue weighted by molar-refractivity contribution is -0.118. The van der Waals surface area contributed by atoms with E-state index in [0.29, 0.717) is 5.84 Å². The van der Waals surface area contributed by atoms with Crippen LogP contribution < -0.4 is 0 Å². The van der Waals surface area contributed by atoms with Crippen molar-refractivity contribution in [2.45, 2.75) is 0 Å². The Labute approximate surface area is 111 Å². The van der Waals surface area contributed by atoms with Gasteiger partial charge >= 0.3 is 0 Å². The first-order chi connectivity index (χ1) is 8.29. The number of hydrogen-bond acceptors (Lipinski definition) is 4. The number of aliphatic imine (C=N–C) groups is 2. The van der Waals surface area contributed by atoms with Gasteiger partial charge in [-0.25, -0.2) is 4.99 Å². The normalized spacial score (nSPS) is 23.0. The minimum Gasteiger partial charge on any atom is -0.271 e. The van der Waals surface area contributed by atoms with Gasteiger partial charge in [0.1, 0.15) is 11.8 Å². The zero-order valence-electron chi connectivity index (χ0n) is 8.59. The second kappa shape index (κ2) is 4.40. The largest absolute Gasteiger partial charge is 0.271 e. The number of fused-ring (bicyclic) bond motifs is 1. The number of halogens is 1. The van der Waals surface area contributed by atoms with Crippen LogP contribution in [-0.4, -0.2) is 22.7 Å². The molecule has 0 bridgehead atoms. The van der Waals surface area contributed by atoms with Gasteiger partial charge < -0.3 is 0 Å². The molecule has 0 spiro atoms. The highest BCUT2D eigenvalue weighted by Crippen LogP contribution is 2.41. The maximum atomic E-state index is 12.0. The molecule has 0 aliphatic carbocycles. The second-order valence-electron chi connectivity index (χ2n) is 3.55. The van der Waals surface area contributed by atoms with E-state index in [9.17, 15) is 4.79 Å².